The molecule has 2 amide bonds. The maximum Gasteiger partial charge on any atom is 0.256 e. The number of benzene rings is 1. The second kappa shape index (κ2) is 8.19. The van der Waals surface area contributed by atoms with Gasteiger partial charge in [-0.2, -0.15) is 0 Å². The van der Waals surface area contributed by atoms with Crippen LogP contribution in [0, 0.1) is 5.92 Å². The first-order valence-corrected chi connectivity index (χ1v) is 9.43. The first-order chi connectivity index (χ1) is 12.1. The Labute approximate surface area is 153 Å². The maximum atomic E-state index is 12.5. The van der Waals surface area contributed by atoms with Crippen LogP contribution in [0.15, 0.2) is 24.3 Å². The van der Waals surface area contributed by atoms with Gasteiger partial charge in [0.15, 0.2) is 6.10 Å². The number of carbonyl (C=O) groups is 2. The van der Waals surface area contributed by atoms with E-state index >= 15 is 0 Å². The number of piperidine rings is 1. The standard InChI is InChI=1S/C19H25ClN2O3/c20-16-5-2-1-4-15(16)18(24)19(25)22-12-8-14(9-13-22)7-11-21-10-3-6-17(21)23/h1-2,4-5,14,18,24H,3,6-13H2. The molecule has 6 heteroatoms. The zero-order valence-electron chi connectivity index (χ0n) is 14.4. The predicted octanol–water partition coefficient (Wildman–Crippen LogP) is 2.62. The van der Waals surface area contributed by atoms with Gasteiger partial charge in [0.05, 0.1) is 0 Å². The molecule has 0 bridgehead atoms. The summed E-state index contributed by atoms with van der Waals surface area (Å²) in [6.07, 6.45) is 3.30. The molecular weight excluding hydrogens is 340 g/mol. The number of carbonyl (C=O) groups excluding carboxylic acids is 2. The molecule has 2 aliphatic rings. The molecule has 1 atom stereocenters. The monoisotopic (exact) mass is 364 g/mol. The molecule has 0 spiro atoms. The van der Waals surface area contributed by atoms with Crippen LogP contribution in [0.3, 0.4) is 0 Å². The van der Waals surface area contributed by atoms with Crippen molar-refractivity contribution in [1.29, 1.82) is 0 Å². The summed E-state index contributed by atoms with van der Waals surface area (Å²) >= 11 is 6.08. The number of aliphatic hydroxyl groups is 1. The fourth-order valence-electron chi connectivity index (χ4n) is 3.72. The Kier molecular flexibility index (Phi) is 5.97. The van der Waals surface area contributed by atoms with Gasteiger partial charge in [0.25, 0.3) is 5.91 Å². The smallest absolute Gasteiger partial charge is 0.256 e. The molecule has 1 aromatic carbocycles. The van der Waals surface area contributed by atoms with Crippen LogP contribution in [0.1, 0.15) is 43.8 Å². The van der Waals surface area contributed by atoms with Crippen molar-refractivity contribution in [1.82, 2.24) is 9.80 Å². The Morgan fingerprint density at radius 2 is 1.96 bits per heavy atom. The number of hydrogen-bond acceptors (Lipinski definition) is 3. The summed E-state index contributed by atoms with van der Waals surface area (Å²) < 4.78 is 0. The number of halogens is 1. The van der Waals surface area contributed by atoms with Crippen LogP contribution in [0.5, 0.6) is 0 Å². The quantitative estimate of drug-likeness (QED) is 0.873. The number of amides is 2. The third kappa shape index (κ3) is 4.33. The summed E-state index contributed by atoms with van der Waals surface area (Å²) in [5, 5.41) is 10.8. The number of aliphatic hydroxyl groups excluding tert-OH is 1. The highest BCUT2D eigenvalue weighted by Crippen LogP contribution is 2.27. The number of nitrogens with zero attached hydrogens (tertiary/aromatic N) is 2. The van der Waals surface area contributed by atoms with Crippen molar-refractivity contribution in [3.63, 3.8) is 0 Å². The molecule has 0 aromatic heterocycles. The summed E-state index contributed by atoms with van der Waals surface area (Å²) in [6.45, 7) is 3.03. The average molecular weight is 365 g/mol. The molecule has 0 saturated carbocycles. The lowest BCUT2D eigenvalue weighted by Crippen LogP contribution is -2.41. The summed E-state index contributed by atoms with van der Waals surface area (Å²) in [5.74, 6) is 0.534. The second-order valence-corrected chi connectivity index (χ2v) is 7.37. The van der Waals surface area contributed by atoms with E-state index in [0.29, 0.717) is 36.0 Å². The van der Waals surface area contributed by atoms with Crippen LogP contribution >= 0.6 is 11.6 Å². The van der Waals surface area contributed by atoms with Crippen molar-refractivity contribution >= 4 is 23.4 Å². The Balaban J connectivity index is 1.47. The third-order valence-electron chi connectivity index (χ3n) is 5.34. The molecule has 3 rings (SSSR count). The average Bonchev–Trinajstić information content (AvgIpc) is 3.04. The molecule has 2 aliphatic heterocycles. The van der Waals surface area contributed by atoms with Crippen LogP contribution in [-0.2, 0) is 9.59 Å². The Morgan fingerprint density at radius 1 is 1.24 bits per heavy atom. The molecule has 1 aromatic rings. The van der Waals surface area contributed by atoms with Crippen LogP contribution < -0.4 is 0 Å². The van der Waals surface area contributed by atoms with Gasteiger partial charge >= 0.3 is 0 Å². The Bertz CT molecular complexity index is 629. The van der Waals surface area contributed by atoms with Gasteiger partial charge in [-0.05, 0) is 37.7 Å². The molecule has 5 nitrogen and oxygen atoms in total. The van der Waals surface area contributed by atoms with Gasteiger partial charge in [-0.3, -0.25) is 9.59 Å². The van der Waals surface area contributed by atoms with Crippen molar-refractivity contribution in [2.75, 3.05) is 26.2 Å². The molecular formula is C19H25ClN2O3. The zero-order chi connectivity index (χ0) is 17.8. The molecule has 2 saturated heterocycles. The van der Waals surface area contributed by atoms with Crippen molar-refractivity contribution < 1.29 is 14.7 Å². The number of likely N-dealkylation sites (tertiary alicyclic amines) is 2. The highest BCUT2D eigenvalue weighted by molar-refractivity contribution is 6.31. The minimum absolute atomic E-state index is 0.274. The fourth-order valence-corrected chi connectivity index (χ4v) is 3.96. The molecule has 0 aliphatic carbocycles. The van der Waals surface area contributed by atoms with Crippen LogP contribution in [0.2, 0.25) is 5.02 Å². The van der Waals surface area contributed by atoms with Crippen LogP contribution in [-0.4, -0.2) is 52.9 Å². The van der Waals surface area contributed by atoms with E-state index < -0.39 is 6.10 Å². The van der Waals surface area contributed by atoms with Crippen LogP contribution in [0.25, 0.3) is 0 Å². The maximum absolute atomic E-state index is 12.5. The van der Waals surface area contributed by atoms with Crippen LogP contribution in [0.4, 0.5) is 0 Å². The predicted molar refractivity (Wildman–Crippen MR) is 96.1 cm³/mol. The van der Waals surface area contributed by atoms with E-state index in [4.69, 9.17) is 11.6 Å². The van der Waals surface area contributed by atoms with Gasteiger partial charge in [-0.25, -0.2) is 0 Å². The largest absolute Gasteiger partial charge is 0.378 e. The Hall–Kier alpha value is -1.59. The summed E-state index contributed by atoms with van der Waals surface area (Å²) in [5.41, 5.74) is 0.462. The van der Waals surface area contributed by atoms with E-state index in [9.17, 15) is 14.7 Å². The lowest BCUT2D eigenvalue weighted by molar-refractivity contribution is -0.142. The van der Waals surface area contributed by atoms with E-state index in [1.807, 2.05) is 4.90 Å². The second-order valence-electron chi connectivity index (χ2n) is 6.97. The summed E-state index contributed by atoms with van der Waals surface area (Å²) in [4.78, 5) is 27.9. The van der Waals surface area contributed by atoms with E-state index in [1.165, 1.54) is 0 Å². The van der Waals surface area contributed by atoms with Gasteiger partial charge in [-0.15, -0.1) is 0 Å². The summed E-state index contributed by atoms with van der Waals surface area (Å²) in [7, 11) is 0. The molecule has 2 heterocycles. The minimum atomic E-state index is -1.20. The van der Waals surface area contributed by atoms with Gasteiger partial charge in [0.2, 0.25) is 5.91 Å². The lowest BCUT2D eigenvalue weighted by Gasteiger charge is -2.34. The SMILES string of the molecule is O=C1CCCN1CCC1CCN(C(=O)C(O)c2ccccc2Cl)CC1. The third-order valence-corrected chi connectivity index (χ3v) is 5.68. The minimum Gasteiger partial charge on any atom is -0.378 e. The first kappa shape index (κ1) is 18.2. The number of rotatable bonds is 5. The molecule has 0 radical (unpaired) electrons. The van der Waals surface area contributed by atoms with Gasteiger partial charge < -0.3 is 14.9 Å². The zero-order valence-corrected chi connectivity index (χ0v) is 15.1. The molecule has 1 unspecified atom stereocenters. The topological polar surface area (TPSA) is 60.9 Å². The van der Waals surface area contributed by atoms with Gasteiger partial charge in [0.1, 0.15) is 0 Å². The normalized spacial score (nSPS) is 20.2. The van der Waals surface area contributed by atoms with Crippen molar-refractivity contribution in [2.24, 2.45) is 5.92 Å². The molecule has 25 heavy (non-hydrogen) atoms. The van der Waals surface area contributed by atoms with E-state index in [1.54, 1.807) is 29.2 Å². The van der Waals surface area contributed by atoms with E-state index in [0.717, 1.165) is 38.8 Å². The van der Waals surface area contributed by atoms with E-state index in [-0.39, 0.29) is 11.8 Å². The van der Waals surface area contributed by atoms with Crippen molar-refractivity contribution in [3.05, 3.63) is 34.9 Å². The van der Waals surface area contributed by atoms with Gasteiger partial charge in [-0.1, -0.05) is 29.8 Å². The molecule has 136 valence electrons. The highest BCUT2D eigenvalue weighted by Gasteiger charge is 2.29. The number of hydrogen-bond donors (Lipinski definition) is 1. The van der Waals surface area contributed by atoms with Gasteiger partial charge in [0, 0.05) is 43.2 Å². The molecule has 1 N–H and O–H groups in total. The van der Waals surface area contributed by atoms with E-state index in [2.05, 4.69) is 0 Å². The first-order valence-electron chi connectivity index (χ1n) is 9.05. The highest BCUT2D eigenvalue weighted by atomic mass is 35.5. The lowest BCUT2D eigenvalue weighted by atomic mass is 9.93. The van der Waals surface area contributed by atoms with Crippen molar-refractivity contribution in [3.8, 4) is 0 Å². The Morgan fingerprint density at radius 3 is 2.60 bits per heavy atom. The molecule has 2 fully saturated rings. The summed E-state index contributed by atoms with van der Waals surface area (Å²) in [6, 6.07) is 6.91. The fraction of sp³-hybridized carbons (Fsp3) is 0.579. The van der Waals surface area contributed by atoms with Crippen molar-refractivity contribution in [2.45, 2.75) is 38.2 Å².